The zero-order valence-corrected chi connectivity index (χ0v) is 16.6. The fourth-order valence-electron chi connectivity index (χ4n) is 2.25. The fraction of sp³-hybridized carbons (Fsp3) is 0.333. The number of pyridine rings is 1. The van der Waals surface area contributed by atoms with Crippen LogP contribution in [0, 0.1) is 12.7 Å². The molecule has 0 unspecified atom stereocenters. The van der Waals surface area contributed by atoms with Crippen LogP contribution in [0.1, 0.15) is 23.9 Å². The summed E-state index contributed by atoms with van der Waals surface area (Å²) in [5.74, 6) is 0.586. The van der Waals surface area contributed by atoms with Crippen molar-refractivity contribution in [2.24, 2.45) is 4.99 Å². The number of nitrogens with one attached hydrogen (secondary N) is 1. The number of hydrogen-bond donors (Lipinski definition) is 1. The van der Waals surface area contributed by atoms with Gasteiger partial charge in [0, 0.05) is 25.8 Å². The summed E-state index contributed by atoms with van der Waals surface area (Å²) in [4.78, 5) is 11.1. The molecule has 130 valence electrons. The number of halogens is 2. The van der Waals surface area contributed by atoms with E-state index in [9.17, 15) is 4.39 Å². The number of rotatable bonds is 5. The highest BCUT2D eigenvalue weighted by Gasteiger charge is 2.07. The van der Waals surface area contributed by atoms with Gasteiger partial charge in [0.25, 0.3) is 0 Å². The Balaban J connectivity index is 0.00000288. The Morgan fingerprint density at radius 2 is 1.92 bits per heavy atom. The monoisotopic (exact) mass is 442 g/mol. The Morgan fingerprint density at radius 1 is 1.21 bits per heavy atom. The molecule has 1 heterocycles. The molecule has 0 saturated heterocycles. The van der Waals surface area contributed by atoms with Gasteiger partial charge in [-0.3, -0.25) is 4.98 Å². The number of hydrogen-bond acceptors (Lipinski definition) is 2. The highest BCUT2D eigenvalue weighted by molar-refractivity contribution is 14.0. The van der Waals surface area contributed by atoms with E-state index in [0.29, 0.717) is 13.1 Å². The molecule has 1 N–H and O–H groups in total. The first-order valence-electron chi connectivity index (χ1n) is 7.75. The van der Waals surface area contributed by atoms with Crippen LogP contribution >= 0.6 is 24.0 Å². The minimum absolute atomic E-state index is 0. The van der Waals surface area contributed by atoms with Crippen LogP contribution in [-0.4, -0.2) is 29.4 Å². The van der Waals surface area contributed by atoms with Gasteiger partial charge in [-0.05, 0) is 43.7 Å². The topological polar surface area (TPSA) is 40.5 Å². The molecule has 0 radical (unpaired) electrons. The van der Waals surface area contributed by atoms with Crippen LogP contribution in [0.3, 0.4) is 0 Å². The standard InChI is InChI=1S/C18H23FN4.HI/c1-4-20-18(21-12-17-7-5-6-14(2)22-17)23(3)13-15-8-10-16(19)11-9-15;/h5-11H,4,12-13H2,1-3H3,(H,20,21);1H. The van der Waals surface area contributed by atoms with E-state index in [1.54, 1.807) is 12.1 Å². The number of aliphatic imine (C=N–C) groups is 1. The van der Waals surface area contributed by atoms with Crippen LogP contribution in [-0.2, 0) is 13.1 Å². The zero-order valence-electron chi connectivity index (χ0n) is 14.3. The average molecular weight is 442 g/mol. The fourth-order valence-corrected chi connectivity index (χ4v) is 2.25. The van der Waals surface area contributed by atoms with E-state index in [1.165, 1.54) is 12.1 Å². The van der Waals surface area contributed by atoms with Crippen molar-refractivity contribution in [3.63, 3.8) is 0 Å². The van der Waals surface area contributed by atoms with Gasteiger partial charge in [-0.15, -0.1) is 24.0 Å². The maximum Gasteiger partial charge on any atom is 0.194 e. The van der Waals surface area contributed by atoms with Crippen LogP contribution in [0.2, 0.25) is 0 Å². The highest BCUT2D eigenvalue weighted by atomic mass is 127. The van der Waals surface area contributed by atoms with Crippen molar-refractivity contribution in [2.45, 2.75) is 26.9 Å². The Labute approximate surface area is 160 Å². The number of guanidine groups is 1. The third-order valence-corrected chi connectivity index (χ3v) is 3.37. The summed E-state index contributed by atoms with van der Waals surface area (Å²) in [7, 11) is 1.97. The van der Waals surface area contributed by atoms with E-state index < -0.39 is 0 Å². The summed E-state index contributed by atoms with van der Waals surface area (Å²) in [5.41, 5.74) is 2.96. The van der Waals surface area contributed by atoms with E-state index in [4.69, 9.17) is 0 Å². The molecular formula is C18H24FIN4. The normalized spacial score (nSPS) is 10.9. The Morgan fingerprint density at radius 3 is 2.54 bits per heavy atom. The number of aromatic nitrogens is 1. The summed E-state index contributed by atoms with van der Waals surface area (Å²) in [6, 6.07) is 12.5. The first-order valence-corrected chi connectivity index (χ1v) is 7.75. The highest BCUT2D eigenvalue weighted by Crippen LogP contribution is 2.06. The largest absolute Gasteiger partial charge is 0.357 e. The maximum atomic E-state index is 13.0. The predicted octanol–water partition coefficient (Wildman–Crippen LogP) is 3.74. The molecule has 0 atom stereocenters. The second-order valence-electron chi connectivity index (χ2n) is 5.42. The van der Waals surface area contributed by atoms with Crippen LogP contribution in [0.5, 0.6) is 0 Å². The van der Waals surface area contributed by atoms with E-state index in [-0.39, 0.29) is 29.8 Å². The molecule has 0 aliphatic rings. The molecule has 1 aromatic carbocycles. The zero-order chi connectivity index (χ0) is 16.7. The van der Waals surface area contributed by atoms with Crippen molar-refractivity contribution in [1.29, 1.82) is 0 Å². The number of benzene rings is 1. The molecule has 2 aromatic rings. The van der Waals surface area contributed by atoms with Gasteiger partial charge in [-0.2, -0.15) is 0 Å². The molecule has 0 aliphatic carbocycles. The Bertz CT molecular complexity index is 658. The summed E-state index contributed by atoms with van der Waals surface area (Å²) in [5, 5.41) is 3.27. The SMILES string of the molecule is CCNC(=NCc1cccc(C)n1)N(C)Cc1ccc(F)cc1.I. The lowest BCUT2D eigenvalue weighted by Crippen LogP contribution is -2.38. The van der Waals surface area contributed by atoms with Crippen molar-refractivity contribution < 1.29 is 4.39 Å². The van der Waals surface area contributed by atoms with Crippen LogP contribution in [0.15, 0.2) is 47.5 Å². The molecule has 0 fully saturated rings. The molecule has 0 bridgehead atoms. The van der Waals surface area contributed by atoms with Crippen molar-refractivity contribution in [1.82, 2.24) is 15.2 Å². The first kappa shape index (κ1) is 20.3. The Kier molecular flexibility index (Phi) is 8.67. The van der Waals surface area contributed by atoms with Gasteiger partial charge in [0.15, 0.2) is 5.96 Å². The summed E-state index contributed by atoms with van der Waals surface area (Å²) < 4.78 is 13.0. The van der Waals surface area contributed by atoms with Gasteiger partial charge >= 0.3 is 0 Å². The second-order valence-corrected chi connectivity index (χ2v) is 5.42. The van der Waals surface area contributed by atoms with Crippen molar-refractivity contribution in [3.05, 3.63) is 65.2 Å². The molecule has 24 heavy (non-hydrogen) atoms. The third kappa shape index (κ3) is 6.43. The molecule has 0 aliphatic heterocycles. The molecule has 0 saturated carbocycles. The van der Waals surface area contributed by atoms with Gasteiger partial charge in [0.1, 0.15) is 5.82 Å². The van der Waals surface area contributed by atoms with Crippen molar-refractivity contribution in [2.75, 3.05) is 13.6 Å². The molecule has 4 nitrogen and oxygen atoms in total. The van der Waals surface area contributed by atoms with Gasteiger partial charge < -0.3 is 10.2 Å². The lowest BCUT2D eigenvalue weighted by Gasteiger charge is -2.22. The maximum absolute atomic E-state index is 13.0. The number of aryl methyl sites for hydroxylation is 1. The predicted molar refractivity (Wildman–Crippen MR) is 107 cm³/mol. The minimum Gasteiger partial charge on any atom is -0.357 e. The molecule has 1 aromatic heterocycles. The van der Waals surface area contributed by atoms with Crippen molar-refractivity contribution >= 4 is 29.9 Å². The summed E-state index contributed by atoms with van der Waals surface area (Å²) in [6.45, 7) is 5.98. The van der Waals surface area contributed by atoms with Crippen LogP contribution < -0.4 is 5.32 Å². The van der Waals surface area contributed by atoms with Gasteiger partial charge in [0.05, 0.1) is 12.2 Å². The van der Waals surface area contributed by atoms with E-state index >= 15 is 0 Å². The third-order valence-electron chi connectivity index (χ3n) is 3.37. The summed E-state index contributed by atoms with van der Waals surface area (Å²) in [6.07, 6.45) is 0. The smallest absolute Gasteiger partial charge is 0.194 e. The molecule has 0 spiro atoms. The second kappa shape index (κ2) is 10.2. The van der Waals surface area contributed by atoms with E-state index in [1.807, 2.05) is 44.0 Å². The molecule has 6 heteroatoms. The lowest BCUT2D eigenvalue weighted by molar-refractivity contribution is 0.476. The van der Waals surface area contributed by atoms with E-state index in [2.05, 4.69) is 15.3 Å². The average Bonchev–Trinajstić information content (AvgIpc) is 2.53. The molecular weight excluding hydrogens is 418 g/mol. The quantitative estimate of drug-likeness (QED) is 0.436. The van der Waals surface area contributed by atoms with Crippen LogP contribution in [0.4, 0.5) is 4.39 Å². The van der Waals surface area contributed by atoms with Gasteiger partial charge in [0.2, 0.25) is 0 Å². The Hall–Kier alpha value is -1.70. The van der Waals surface area contributed by atoms with Gasteiger partial charge in [-0.1, -0.05) is 18.2 Å². The first-order chi connectivity index (χ1) is 11.1. The molecule has 0 amide bonds. The van der Waals surface area contributed by atoms with Crippen molar-refractivity contribution in [3.8, 4) is 0 Å². The lowest BCUT2D eigenvalue weighted by atomic mass is 10.2. The van der Waals surface area contributed by atoms with Gasteiger partial charge in [-0.25, -0.2) is 9.38 Å². The summed E-state index contributed by atoms with van der Waals surface area (Å²) >= 11 is 0. The molecule has 2 rings (SSSR count). The minimum atomic E-state index is -0.220. The van der Waals surface area contributed by atoms with Crippen LogP contribution in [0.25, 0.3) is 0 Å². The van der Waals surface area contributed by atoms with E-state index in [0.717, 1.165) is 29.5 Å². The number of nitrogens with zero attached hydrogens (tertiary/aromatic N) is 3.